The van der Waals surface area contributed by atoms with Crippen LogP contribution in [0.15, 0.2) is 0 Å². The van der Waals surface area contributed by atoms with Crippen LogP contribution in [-0.4, -0.2) is 36.6 Å². The molecule has 0 aliphatic carbocycles. The highest BCUT2D eigenvalue weighted by atomic mass is 16.5. The van der Waals surface area contributed by atoms with Crippen LogP contribution in [0, 0.1) is 0 Å². The van der Waals surface area contributed by atoms with E-state index in [4.69, 9.17) is 4.74 Å². The van der Waals surface area contributed by atoms with E-state index in [1.165, 1.54) is 0 Å². The summed E-state index contributed by atoms with van der Waals surface area (Å²) in [6.45, 7) is 9.31. The summed E-state index contributed by atoms with van der Waals surface area (Å²) in [7, 11) is 0. The molecule has 0 aliphatic heterocycles. The number of nitrogens with one attached hydrogen (secondary N) is 2. The van der Waals surface area contributed by atoms with Crippen molar-refractivity contribution in [2.45, 2.75) is 46.3 Å². The van der Waals surface area contributed by atoms with Crippen LogP contribution in [0.2, 0.25) is 0 Å². The fraction of sp³-hybridized carbons (Fsp3) is 0.818. The van der Waals surface area contributed by atoms with Crippen molar-refractivity contribution in [3.05, 3.63) is 0 Å². The van der Waals surface area contributed by atoms with E-state index in [2.05, 4.69) is 10.6 Å². The van der Waals surface area contributed by atoms with Crippen molar-refractivity contribution < 1.29 is 14.3 Å². The molecule has 0 aliphatic rings. The molecule has 2 amide bonds. The Labute approximate surface area is 96.9 Å². The molecule has 0 heterocycles. The van der Waals surface area contributed by atoms with E-state index >= 15 is 0 Å². The Hall–Kier alpha value is -1.10. The third-order valence-electron chi connectivity index (χ3n) is 1.51. The van der Waals surface area contributed by atoms with Gasteiger partial charge in [0.15, 0.2) is 0 Å². The first-order chi connectivity index (χ1) is 7.20. The Morgan fingerprint density at radius 1 is 1.19 bits per heavy atom. The molecule has 0 fully saturated rings. The summed E-state index contributed by atoms with van der Waals surface area (Å²) in [5, 5.41) is 5.23. The zero-order valence-corrected chi connectivity index (χ0v) is 10.7. The first kappa shape index (κ1) is 14.9. The van der Waals surface area contributed by atoms with Gasteiger partial charge in [0, 0.05) is 5.54 Å². The molecule has 0 rings (SSSR count). The molecule has 5 nitrogen and oxygen atoms in total. The average Bonchev–Trinajstić information content (AvgIpc) is 2.08. The van der Waals surface area contributed by atoms with Crippen LogP contribution in [0.4, 0.5) is 0 Å². The molecule has 0 saturated heterocycles. The minimum Gasteiger partial charge on any atom is -0.369 e. The monoisotopic (exact) mass is 230 g/mol. The highest BCUT2D eigenvalue weighted by Gasteiger charge is 2.14. The molecule has 0 aromatic rings. The van der Waals surface area contributed by atoms with Gasteiger partial charge in [0.1, 0.15) is 6.61 Å². The number of rotatable bonds is 5. The predicted octanol–water partition coefficient (Wildman–Crippen LogP) is 0.442. The largest absolute Gasteiger partial charge is 0.369 e. The standard InChI is InChI=1S/C11H22N2O3/c1-8(2)16-7-10(15)12-6-9(14)13-11(3,4)5/h8H,6-7H2,1-5H3,(H,12,15)(H,13,14). The lowest BCUT2D eigenvalue weighted by Crippen LogP contribution is -2.46. The molecule has 0 spiro atoms. The lowest BCUT2D eigenvalue weighted by Gasteiger charge is -2.20. The molecule has 94 valence electrons. The third-order valence-corrected chi connectivity index (χ3v) is 1.51. The van der Waals surface area contributed by atoms with Crippen LogP contribution in [0.1, 0.15) is 34.6 Å². The minimum atomic E-state index is -0.282. The molecular weight excluding hydrogens is 208 g/mol. The Kier molecular flexibility index (Phi) is 6.03. The SMILES string of the molecule is CC(C)OCC(=O)NCC(=O)NC(C)(C)C. The van der Waals surface area contributed by atoms with Crippen LogP contribution in [0.5, 0.6) is 0 Å². The maximum atomic E-state index is 11.3. The molecular formula is C11H22N2O3. The summed E-state index contributed by atoms with van der Waals surface area (Å²) in [6.07, 6.45) is 0.00847. The number of hydrogen-bond acceptors (Lipinski definition) is 3. The second-order valence-corrected chi connectivity index (χ2v) is 4.93. The van der Waals surface area contributed by atoms with Gasteiger partial charge >= 0.3 is 0 Å². The Morgan fingerprint density at radius 3 is 2.19 bits per heavy atom. The van der Waals surface area contributed by atoms with E-state index in [9.17, 15) is 9.59 Å². The lowest BCUT2D eigenvalue weighted by atomic mass is 10.1. The van der Waals surface area contributed by atoms with Crippen molar-refractivity contribution in [1.82, 2.24) is 10.6 Å². The topological polar surface area (TPSA) is 67.4 Å². The second-order valence-electron chi connectivity index (χ2n) is 4.93. The highest BCUT2D eigenvalue weighted by molar-refractivity contribution is 5.85. The van der Waals surface area contributed by atoms with Crippen molar-refractivity contribution in [2.75, 3.05) is 13.2 Å². The van der Waals surface area contributed by atoms with Crippen LogP contribution < -0.4 is 10.6 Å². The van der Waals surface area contributed by atoms with Crippen LogP contribution in [-0.2, 0) is 14.3 Å². The van der Waals surface area contributed by atoms with Crippen LogP contribution in [0.3, 0.4) is 0 Å². The fourth-order valence-electron chi connectivity index (χ4n) is 0.935. The first-order valence-electron chi connectivity index (χ1n) is 5.40. The van der Waals surface area contributed by atoms with Crippen molar-refractivity contribution >= 4 is 11.8 Å². The first-order valence-corrected chi connectivity index (χ1v) is 5.40. The summed E-state index contributed by atoms with van der Waals surface area (Å²) in [6, 6.07) is 0. The average molecular weight is 230 g/mol. The normalized spacial score (nSPS) is 11.4. The summed E-state index contributed by atoms with van der Waals surface area (Å²) < 4.78 is 5.09. The molecule has 2 N–H and O–H groups in total. The molecule has 0 radical (unpaired) electrons. The summed E-state index contributed by atoms with van der Waals surface area (Å²) >= 11 is 0. The van der Waals surface area contributed by atoms with Gasteiger partial charge in [0.2, 0.25) is 11.8 Å². The van der Waals surface area contributed by atoms with Gasteiger partial charge in [-0.3, -0.25) is 9.59 Å². The van der Waals surface area contributed by atoms with Gasteiger partial charge in [0.25, 0.3) is 0 Å². The van der Waals surface area contributed by atoms with Crippen molar-refractivity contribution in [3.63, 3.8) is 0 Å². The molecule has 0 aromatic heterocycles. The van der Waals surface area contributed by atoms with Gasteiger partial charge in [-0.25, -0.2) is 0 Å². The molecule has 0 aromatic carbocycles. The maximum Gasteiger partial charge on any atom is 0.246 e. The van der Waals surface area contributed by atoms with Crippen molar-refractivity contribution in [1.29, 1.82) is 0 Å². The van der Waals surface area contributed by atoms with E-state index in [1.807, 2.05) is 34.6 Å². The predicted molar refractivity (Wildman–Crippen MR) is 62.0 cm³/mol. The molecule has 5 heteroatoms. The van der Waals surface area contributed by atoms with Gasteiger partial charge in [-0.2, -0.15) is 0 Å². The zero-order chi connectivity index (χ0) is 12.8. The Bertz CT molecular complexity index is 244. The van der Waals surface area contributed by atoms with Gasteiger partial charge in [-0.15, -0.1) is 0 Å². The van der Waals surface area contributed by atoms with Crippen LogP contribution >= 0.6 is 0 Å². The summed E-state index contributed by atoms with van der Waals surface area (Å²) in [5.74, 6) is -0.483. The van der Waals surface area contributed by atoms with Gasteiger partial charge in [-0.1, -0.05) is 0 Å². The number of amides is 2. The second kappa shape index (κ2) is 6.48. The molecule has 16 heavy (non-hydrogen) atoms. The zero-order valence-electron chi connectivity index (χ0n) is 10.7. The number of hydrogen-bond donors (Lipinski definition) is 2. The van der Waals surface area contributed by atoms with Crippen LogP contribution in [0.25, 0.3) is 0 Å². The summed E-state index contributed by atoms with van der Waals surface area (Å²) in [4.78, 5) is 22.5. The number of ether oxygens (including phenoxy) is 1. The van der Waals surface area contributed by atoms with Crippen molar-refractivity contribution in [2.24, 2.45) is 0 Å². The minimum absolute atomic E-state index is 0.00847. The van der Waals surface area contributed by atoms with E-state index in [-0.39, 0.29) is 36.6 Å². The van der Waals surface area contributed by atoms with Crippen molar-refractivity contribution in [3.8, 4) is 0 Å². The van der Waals surface area contributed by atoms with Gasteiger partial charge < -0.3 is 15.4 Å². The number of carbonyl (C=O) groups is 2. The summed E-state index contributed by atoms with van der Waals surface area (Å²) in [5.41, 5.74) is -0.282. The maximum absolute atomic E-state index is 11.3. The Morgan fingerprint density at radius 2 is 1.75 bits per heavy atom. The molecule has 0 saturated carbocycles. The van der Waals surface area contributed by atoms with E-state index in [0.29, 0.717) is 0 Å². The van der Waals surface area contributed by atoms with Gasteiger partial charge in [-0.05, 0) is 34.6 Å². The third kappa shape index (κ3) is 9.45. The molecule has 0 bridgehead atoms. The van der Waals surface area contributed by atoms with E-state index in [1.54, 1.807) is 0 Å². The fourth-order valence-corrected chi connectivity index (χ4v) is 0.935. The van der Waals surface area contributed by atoms with Gasteiger partial charge in [0.05, 0.1) is 12.6 Å². The molecule has 0 unspecified atom stereocenters. The quantitative estimate of drug-likeness (QED) is 0.720. The molecule has 0 atom stereocenters. The number of carbonyl (C=O) groups excluding carboxylic acids is 2. The van der Waals surface area contributed by atoms with E-state index in [0.717, 1.165) is 0 Å². The Balaban J connectivity index is 3.72. The lowest BCUT2D eigenvalue weighted by molar-refractivity contribution is -0.130. The van der Waals surface area contributed by atoms with E-state index < -0.39 is 0 Å². The smallest absolute Gasteiger partial charge is 0.246 e. The highest BCUT2D eigenvalue weighted by Crippen LogP contribution is 1.97.